The van der Waals surface area contributed by atoms with Crippen LogP contribution in [0.15, 0.2) is 54.6 Å². The summed E-state index contributed by atoms with van der Waals surface area (Å²) >= 11 is 5.76. The number of esters is 1. The van der Waals surface area contributed by atoms with Crippen molar-refractivity contribution in [3.63, 3.8) is 0 Å². The minimum absolute atomic E-state index is 0.339. The Bertz CT molecular complexity index is 778. The molecule has 2 aromatic carbocycles. The Balaban J connectivity index is 1.83. The first-order valence-corrected chi connectivity index (χ1v) is 8.32. The highest BCUT2D eigenvalue weighted by atomic mass is 35.5. The van der Waals surface area contributed by atoms with Crippen LogP contribution in [0.1, 0.15) is 17.3 Å². The molecule has 2 amide bonds. The van der Waals surface area contributed by atoms with Gasteiger partial charge in [0.25, 0.3) is 11.8 Å². The van der Waals surface area contributed by atoms with Crippen LogP contribution in [0.25, 0.3) is 0 Å². The van der Waals surface area contributed by atoms with Crippen LogP contribution < -0.4 is 10.2 Å². The number of likely N-dealkylation sites (N-methyl/N-ethyl adjacent to an activating group) is 1. The number of rotatable bonds is 6. The van der Waals surface area contributed by atoms with Crippen molar-refractivity contribution in [1.82, 2.24) is 5.32 Å². The number of nitrogens with zero attached hydrogens (tertiary/aromatic N) is 1. The van der Waals surface area contributed by atoms with E-state index >= 15 is 0 Å². The zero-order valence-electron chi connectivity index (χ0n) is 14.4. The molecule has 136 valence electrons. The lowest BCUT2D eigenvalue weighted by molar-refractivity contribution is -0.152. The molecule has 1 N–H and O–H groups in total. The number of para-hydroxylation sites is 1. The highest BCUT2D eigenvalue weighted by Crippen LogP contribution is 2.13. The van der Waals surface area contributed by atoms with Gasteiger partial charge < -0.3 is 15.0 Å². The fraction of sp³-hybridized carbons (Fsp3) is 0.211. The maximum absolute atomic E-state index is 12.3. The smallest absolute Gasteiger partial charge is 0.326 e. The van der Waals surface area contributed by atoms with Crippen LogP contribution in [0.3, 0.4) is 0 Å². The highest BCUT2D eigenvalue weighted by Gasteiger charge is 2.22. The molecule has 2 aromatic rings. The van der Waals surface area contributed by atoms with Gasteiger partial charge >= 0.3 is 5.97 Å². The number of ether oxygens (including phenoxy) is 1. The molecule has 0 saturated carbocycles. The minimum Gasteiger partial charge on any atom is -0.451 e. The molecule has 0 fully saturated rings. The number of carbonyl (C=O) groups is 3. The lowest BCUT2D eigenvalue weighted by Gasteiger charge is -2.21. The summed E-state index contributed by atoms with van der Waals surface area (Å²) < 4.78 is 5.09. The molecule has 0 aliphatic carbocycles. The lowest BCUT2D eigenvalue weighted by Crippen LogP contribution is -2.39. The number of halogens is 1. The molecule has 0 unspecified atom stereocenters. The van der Waals surface area contributed by atoms with E-state index in [1.54, 1.807) is 43.4 Å². The second kappa shape index (κ2) is 9.01. The molecule has 2 rings (SSSR count). The van der Waals surface area contributed by atoms with Crippen molar-refractivity contribution in [2.24, 2.45) is 0 Å². The molecule has 0 heterocycles. The molecule has 0 bridgehead atoms. The second-order valence-corrected chi connectivity index (χ2v) is 5.99. The third-order valence-corrected chi connectivity index (χ3v) is 3.88. The molecule has 7 heteroatoms. The summed E-state index contributed by atoms with van der Waals surface area (Å²) in [6.45, 7) is 1.15. The van der Waals surface area contributed by atoms with Crippen molar-refractivity contribution in [3.05, 3.63) is 65.2 Å². The van der Waals surface area contributed by atoms with Gasteiger partial charge in [0, 0.05) is 23.3 Å². The molecular formula is C19H19ClN2O4. The molecule has 1 atom stereocenters. The molecule has 0 spiro atoms. The molecule has 6 nitrogen and oxygen atoms in total. The van der Waals surface area contributed by atoms with Crippen LogP contribution in [-0.2, 0) is 14.3 Å². The Morgan fingerprint density at radius 3 is 2.31 bits per heavy atom. The van der Waals surface area contributed by atoms with E-state index in [-0.39, 0.29) is 12.5 Å². The number of hydrogen-bond donors (Lipinski definition) is 1. The van der Waals surface area contributed by atoms with Gasteiger partial charge in [-0.05, 0) is 43.3 Å². The summed E-state index contributed by atoms with van der Waals surface area (Å²) in [5.74, 6) is -1.50. The van der Waals surface area contributed by atoms with E-state index < -0.39 is 18.0 Å². The van der Waals surface area contributed by atoms with Gasteiger partial charge in [-0.1, -0.05) is 29.8 Å². The predicted molar refractivity (Wildman–Crippen MR) is 99.2 cm³/mol. The van der Waals surface area contributed by atoms with Crippen LogP contribution in [0.4, 0.5) is 5.69 Å². The first-order chi connectivity index (χ1) is 12.4. The zero-order chi connectivity index (χ0) is 19.1. The largest absolute Gasteiger partial charge is 0.451 e. The average molecular weight is 375 g/mol. The lowest BCUT2D eigenvalue weighted by atomic mass is 10.2. The van der Waals surface area contributed by atoms with E-state index in [4.69, 9.17) is 16.3 Å². The van der Waals surface area contributed by atoms with Gasteiger partial charge in [0.15, 0.2) is 6.10 Å². The quantitative estimate of drug-likeness (QED) is 0.789. The van der Waals surface area contributed by atoms with Crippen molar-refractivity contribution in [2.45, 2.75) is 13.0 Å². The van der Waals surface area contributed by atoms with Gasteiger partial charge in [-0.25, -0.2) is 0 Å². The normalized spacial score (nSPS) is 11.3. The number of hydrogen-bond acceptors (Lipinski definition) is 4. The maximum Gasteiger partial charge on any atom is 0.326 e. The Labute approximate surface area is 156 Å². The van der Waals surface area contributed by atoms with E-state index in [1.165, 1.54) is 11.8 Å². The summed E-state index contributed by atoms with van der Waals surface area (Å²) in [4.78, 5) is 37.5. The van der Waals surface area contributed by atoms with E-state index in [0.717, 1.165) is 0 Å². The maximum atomic E-state index is 12.3. The van der Waals surface area contributed by atoms with Crippen LogP contribution in [0, 0.1) is 0 Å². The molecular weight excluding hydrogens is 356 g/mol. The first kappa shape index (κ1) is 19.5. The third-order valence-electron chi connectivity index (χ3n) is 3.63. The predicted octanol–water partition coefficient (Wildman–Crippen LogP) is 2.66. The van der Waals surface area contributed by atoms with Gasteiger partial charge in [-0.2, -0.15) is 0 Å². The van der Waals surface area contributed by atoms with Crippen molar-refractivity contribution in [1.29, 1.82) is 0 Å². The third kappa shape index (κ3) is 5.32. The van der Waals surface area contributed by atoms with Gasteiger partial charge in [-0.3, -0.25) is 14.4 Å². The number of anilines is 1. The van der Waals surface area contributed by atoms with E-state index in [1.807, 2.05) is 18.2 Å². The van der Waals surface area contributed by atoms with Crippen molar-refractivity contribution in [2.75, 3.05) is 18.5 Å². The Kier molecular flexibility index (Phi) is 6.74. The number of amides is 2. The van der Waals surface area contributed by atoms with Crippen LogP contribution >= 0.6 is 11.6 Å². The number of carbonyl (C=O) groups excluding carboxylic acids is 3. The molecule has 0 radical (unpaired) electrons. The Morgan fingerprint density at radius 2 is 1.69 bits per heavy atom. The van der Waals surface area contributed by atoms with E-state index in [0.29, 0.717) is 16.3 Å². The summed E-state index contributed by atoms with van der Waals surface area (Å²) in [6.07, 6.45) is -0.972. The van der Waals surface area contributed by atoms with Crippen molar-refractivity contribution < 1.29 is 19.1 Å². The minimum atomic E-state index is -0.972. The van der Waals surface area contributed by atoms with Crippen LogP contribution in [0.5, 0.6) is 0 Å². The fourth-order valence-corrected chi connectivity index (χ4v) is 2.32. The average Bonchev–Trinajstić information content (AvgIpc) is 2.66. The van der Waals surface area contributed by atoms with Gasteiger partial charge in [-0.15, -0.1) is 0 Å². The molecule has 0 aliphatic heterocycles. The van der Waals surface area contributed by atoms with Crippen LogP contribution in [-0.4, -0.2) is 37.5 Å². The highest BCUT2D eigenvalue weighted by molar-refractivity contribution is 6.30. The molecule has 0 aromatic heterocycles. The summed E-state index contributed by atoms with van der Waals surface area (Å²) in [7, 11) is 1.60. The summed E-state index contributed by atoms with van der Waals surface area (Å²) in [5, 5.41) is 2.95. The van der Waals surface area contributed by atoms with Crippen molar-refractivity contribution >= 4 is 35.1 Å². The van der Waals surface area contributed by atoms with Gasteiger partial charge in [0.05, 0.1) is 0 Å². The second-order valence-electron chi connectivity index (χ2n) is 5.55. The monoisotopic (exact) mass is 374 g/mol. The molecule has 0 aliphatic rings. The number of nitrogens with one attached hydrogen (secondary N) is 1. The zero-order valence-corrected chi connectivity index (χ0v) is 15.2. The number of benzene rings is 2. The van der Waals surface area contributed by atoms with Crippen molar-refractivity contribution in [3.8, 4) is 0 Å². The van der Waals surface area contributed by atoms with Gasteiger partial charge in [0.1, 0.15) is 6.54 Å². The molecule has 26 heavy (non-hydrogen) atoms. The Morgan fingerprint density at radius 1 is 1.08 bits per heavy atom. The fourth-order valence-electron chi connectivity index (χ4n) is 2.20. The van der Waals surface area contributed by atoms with Gasteiger partial charge in [0.2, 0.25) is 0 Å². The standard InChI is InChI=1S/C19H19ClN2O4/c1-13(19(25)22(2)16-6-4-3-5-7-16)26-17(23)12-21-18(24)14-8-10-15(20)11-9-14/h3-11,13H,12H2,1-2H3,(H,21,24)/t13-/m0/s1. The Hall–Kier alpha value is -2.86. The first-order valence-electron chi connectivity index (χ1n) is 7.94. The molecule has 0 saturated heterocycles. The van der Waals surface area contributed by atoms with Crippen LogP contribution in [0.2, 0.25) is 5.02 Å². The van der Waals surface area contributed by atoms with E-state index in [2.05, 4.69) is 5.32 Å². The SMILES string of the molecule is C[C@H](OC(=O)CNC(=O)c1ccc(Cl)cc1)C(=O)N(C)c1ccccc1. The summed E-state index contributed by atoms with van der Waals surface area (Å²) in [5.41, 5.74) is 1.06. The van der Waals surface area contributed by atoms with E-state index in [9.17, 15) is 14.4 Å². The summed E-state index contributed by atoms with van der Waals surface area (Å²) in [6, 6.07) is 15.3. The topological polar surface area (TPSA) is 75.7 Å².